The van der Waals surface area contributed by atoms with Crippen LogP contribution in [0.1, 0.15) is 0 Å². The minimum Gasteiger partial charge on any atom is -0.395 e. The lowest BCUT2D eigenvalue weighted by Crippen LogP contribution is -2.20. The molecule has 2 rings (SSSR count). The van der Waals surface area contributed by atoms with Gasteiger partial charge in [0.05, 0.1) is 28.2 Å². The topological polar surface area (TPSA) is 103 Å². The van der Waals surface area contributed by atoms with E-state index in [0.717, 1.165) is 15.9 Å². The van der Waals surface area contributed by atoms with Crippen molar-refractivity contribution in [1.29, 1.82) is 0 Å². The first-order valence-electron chi connectivity index (χ1n) is 5.40. The number of hydrogen-bond acceptors (Lipinski definition) is 6. The molecule has 0 spiro atoms. The molecular formula is C11H14N4O2S. The smallest absolute Gasteiger partial charge is 0.243 e. The van der Waals surface area contributed by atoms with E-state index in [1.165, 1.54) is 0 Å². The van der Waals surface area contributed by atoms with Crippen molar-refractivity contribution < 1.29 is 9.53 Å². The van der Waals surface area contributed by atoms with E-state index in [1.54, 1.807) is 16.8 Å². The molecule has 1 aromatic carbocycles. The zero-order chi connectivity index (χ0) is 13.0. The first kappa shape index (κ1) is 12.6. The van der Waals surface area contributed by atoms with Gasteiger partial charge in [-0.05, 0) is 12.1 Å². The second-order valence-electron chi connectivity index (χ2n) is 3.67. The van der Waals surface area contributed by atoms with Gasteiger partial charge in [-0.1, -0.05) is 0 Å². The van der Waals surface area contributed by atoms with Gasteiger partial charge in [0.15, 0.2) is 0 Å². The molecule has 1 heterocycles. The van der Waals surface area contributed by atoms with Crippen LogP contribution in [0.2, 0.25) is 0 Å². The number of anilines is 2. The number of benzene rings is 1. The lowest BCUT2D eigenvalue weighted by Gasteiger charge is -2.09. The summed E-state index contributed by atoms with van der Waals surface area (Å²) in [5.74, 6) is -0.474. The standard InChI is InChI=1S/C11H14N4O2S/c12-9(16)5-17-4-3-14-7-1-2-8-11(10(7)13)15-6-18-8/h1-2,6,14H,3-5,13H2,(H2,12,16). The molecule has 96 valence electrons. The van der Waals surface area contributed by atoms with E-state index in [4.69, 9.17) is 16.2 Å². The highest BCUT2D eigenvalue weighted by molar-refractivity contribution is 7.16. The fraction of sp³-hybridized carbons (Fsp3) is 0.273. The third-order valence-corrected chi connectivity index (χ3v) is 3.14. The fourth-order valence-corrected chi connectivity index (χ4v) is 2.23. The van der Waals surface area contributed by atoms with Gasteiger partial charge >= 0.3 is 0 Å². The molecule has 18 heavy (non-hydrogen) atoms. The largest absolute Gasteiger partial charge is 0.395 e. The van der Waals surface area contributed by atoms with Gasteiger partial charge in [-0.25, -0.2) is 4.98 Å². The van der Waals surface area contributed by atoms with Gasteiger partial charge in [0.1, 0.15) is 12.1 Å². The lowest BCUT2D eigenvalue weighted by molar-refractivity contribution is -0.122. The lowest BCUT2D eigenvalue weighted by atomic mass is 10.2. The third-order valence-electron chi connectivity index (χ3n) is 2.35. The van der Waals surface area contributed by atoms with Gasteiger partial charge in [-0.3, -0.25) is 4.79 Å². The Hall–Kier alpha value is -1.86. The highest BCUT2D eigenvalue weighted by atomic mass is 32.1. The molecule has 1 aromatic heterocycles. The van der Waals surface area contributed by atoms with E-state index in [-0.39, 0.29) is 6.61 Å². The summed E-state index contributed by atoms with van der Waals surface area (Å²) in [5.41, 5.74) is 15.0. The molecule has 0 aliphatic heterocycles. The molecule has 0 aliphatic carbocycles. The zero-order valence-corrected chi connectivity index (χ0v) is 10.5. The second kappa shape index (κ2) is 5.65. The maximum absolute atomic E-state index is 10.5. The number of aromatic nitrogens is 1. The zero-order valence-electron chi connectivity index (χ0n) is 9.68. The van der Waals surface area contributed by atoms with Crippen molar-refractivity contribution in [2.45, 2.75) is 0 Å². The number of primary amides is 1. The van der Waals surface area contributed by atoms with Gasteiger partial charge in [-0.2, -0.15) is 0 Å². The molecule has 0 radical (unpaired) electrons. The monoisotopic (exact) mass is 266 g/mol. The van der Waals surface area contributed by atoms with E-state index >= 15 is 0 Å². The van der Waals surface area contributed by atoms with Crippen LogP contribution in [0.4, 0.5) is 11.4 Å². The van der Waals surface area contributed by atoms with Crippen LogP contribution in [-0.2, 0) is 9.53 Å². The Morgan fingerprint density at radius 2 is 2.33 bits per heavy atom. The van der Waals surface area contributed by atoms with Crippen LogP contribution < -0.4 is 16.8 Å². The van der Waals surface area contributed by atoms with Crippen molar-refractivity contribution in [2.24, 2.45) is 5.73 Å². The summed E-state index contributed by atoms with van der Waals surface area (Å²) in [6, 6.07) is 3.87. The number of amides is 1. The molecule has 1 amide bonds. The average Bonchev–Trinajstić information content (AvgIpc) is 2.80. The van der Waals surface area contributed by atoms with Crippen molar-refractivity contribution in [3.05, 3.63) is 17.6 Å². The summed E-state index contributed by atoms with van der Waals surface area (Å²) in [6.45, 7) is 0.868. The Morgan fingerprint density at radius 1 is 1.50 bits per heavy atom. The molecule has 7 heteroatoms. The number of nitrogens with two attached hydrogens (primary N) is 2. The Balaban J connectivity index is 1.91. The second-order valence-corrected chi connectivity index (χ2v) is 4.56. The van der Waals surface area contributed by atoms with Crippen molar-refractivity contribution >= 4 is 38.8 Å². The maximum atomic E-state index is 10.5. The Kier molecular flexibility index (Phi) is 3.96. The number of hydrogen-bond donors (Lipinski definition) is 3. The van der Waals surface area contributed by atoms with Crippen LogP contribution in [0.3, 0.4) is 0 Å². The first-order chi connectivity index (χ1) is 8.68. The predicted molar refractivity (Wildman–Crippen MR) is 72.5 cm³/mol. The summed E-state index contributed by atoms with van der Waals surface area (Å²) in [4.78, 5) is 14.7. The summed E-state index contributed by atoms with van der Waals surface area (Å²) < 4.78 is 6.10. The van der Waals surface area contributed by atoms with Crippen molar-refractivity contribution in [2.75, 3.05) is 30.8 Å². The van der Waals surface area contributed by atoms with Crippen LogP contribution in [0, 0.1) is 0 Å². The van der Waals surface area contributed by atoms with Gasteiger partial charge in [-0.15, -0.1) is 11.3 Å². The number of nitrogens with zero attached hydrogens (tertiary/aromatic N) is 1. The summed E-state index contributed by atoms with van der Waals surface area (Å²) in [7, 11) is 0. The molecule has 0 unspecified atom stereocenters. The third kappa shape index (κ3) is 2.88. The summed E-state index contributed by atoms with van der Waals surface area (Å²) >= 11 is 1.55. The Labute approximate surface area is 108 Å². The molecule has 2 aromatic rings. The molecule has 0 atom stereocenters. The molecule has 0 fully saturated rings. The van der Waals surface area contributed by atoms with Crippen LogP contribution in [0.15, 0.2) is 17.6 Å². The van der Waals surface area contributed by atoms with E-state index in [1.807, 2.05) is 12.1 Å². The summed E-state index contributed by atoms with van der Waals surface area (Å²) in [6.07, 6.45) is 0. The fourth-order valence-electron chi connectivity index (χ4n) is 1.54. The number of nitrogen functional groups attached to an aromatic ring is 1. The van der Waals surface area contributed by atoms with Crippen LogP contribution in [0.25, 0.3) is 10.2 Å². The minimum atomic E-state index is -0.474. The number of fused-ring (bicyclic) bond motifs is 1. The van der Waals surface area contributed by atoms with E-state index < -0.39 is 5.91 Å². The summed E-state index contributed by atoms with van der Waals surface area (Å²) in [5, 5.41) is 3.13. The van der Waals surface area contributed by atoms with Crippen molar-refractivity contribution in [1.82, 2.24) is 4.98 Å². The number of thiazole rings is 1. The molecule has 5 N–H and O–H groups in total. The molecule has 6 nitrogen and oxygen atoms in total. The van der Waals surface area contributed by atoms with E-state index in [9.17, 15) is 4.79 Å². The first-order valence-corrected chi connectivity index (χ1v) is 6.28. The quantitative estimate of drug-likeness (QED) is 0.530. The molecule has 0 aliphatic rings. The van der Waals surface area contributed by atoms with Gasteiger partial charge < -0.3 is 21.5 Å². The minimum absolute atomic E-state index is 0.0672. The number of carbonyl (C=O) groups excluding carboxylic acids is 1. The maximum Gasteiger partial charge on any atom is 0.243 e. The SMILES string of the molecule is NC(=O)COCCNc1ccc2scnc2c1N. The van der Waals surface area contributed by atoms with Crippen molar-refractivity contribution in [3.8, 4) is 0 Å². The molecule has 0 saturated heterocycles. The molecular weight excluding hydrogens is 252 g/mol. The Bertz CT molecular complexity index is 555. The van der Waals surface area contributed by atoms with Gasteiger partial charge in [0, 0.05) is 6.54 Å². The van der Waals surface area contributed by atoms with Gasteiger partial charge in [0.2, 0.25) is 5.91 Å². The van der Waals surface area contributed by atoms with E-state index in [0.29, 0.717) is 18.8 Å². The highest BCUT2D eigenvalue weighted by Gasteiger charge is 2.06. The highest BCUT2D eigenvalue weighted by Crippen LogP contribution is 2.29. The van der Waals surface area contributed by atoms with Gasteiger partial charge in [0.25, 0.3) is 0 Å². The number of nitrogens with one attached hydrogen (secondary N) is 1. The predicted octanol–water partition coefficient (Wildman–Crippen LogP) is 0.792. The van der Waals surface area contributed by atoms with Crippen molar-refractivity contribution in [3.63, 3.8) is 0 Å². The van der Waals surface area contributed by atoms with E-state index in [2.05, 4.69) is 10.3 Å². The van der Waals surface area contributed by atoms with Crippen LogP contribution in [0.5, 0.6) is 0 Å². The molecule has 0 bridgehead atoms. The number of carbonyl (C=O) groups is 1. The Morgan fingerprint density at radius 3 is 3.11 bits per heavy atom. The normalized spacial score (nSPS) is 10.7. The molecule has 0 saturated carbocycles. The number of ether oxygens (including phenoxy) is 1. The average molecular weight is 266 g/mol. The van der Waals surface area contributed by atoms with Crippen LogP contribution in [-0.4, -0.2) is 30.6 Å². The van der Waals surface area contributed by atoms with Crippen LogP contribution >= 0.6 is 11.3 Å². The number of rotatable bonds is 6.